The van der Waals surface area contributed by atoms with Gasteiger partial charge in [0.25, 0.3) is 0 Å². The molecule has 7 aliphatic rings. The van der Waals surface area contributed by atoms with Crippen LogP contribution in [0.25, 0.3) is 18.2 Å². The van der Waals surface area contributed by atoms with Gasteiger partial charge < -0.3 is 64.9 Å². The van der Waals surface area contributed by atoms with Gasteiger partial charge in [0, 0.05) is 12.5 Å². The summed E-state index contributed by atoms with van der Waals surface area (Å²) in [6.45, 7) is 55.1. The van der Waals surface area contributed by atoms with Crippen LogP contribution in [0.3, 0.4) is 0 Å². The Hall–Kier alpha value is -8.93. The zero-order chi connectivity index (χ0) is 86.1. The fourth-order valence-corrected chi connectivity index (χ4v) is 19.6. The van der Waals surface area contributed by atoms with Crippen molar-refractivity contribution < 1.29 is 88.9 Å². The molecule has 0 radical (unpaired) electrons. The molecule has 0 saturated heterocycles. The number of carboxylic acid groups (broad SMARTS) is 4. The Balaban J connectivity index is 0.000000213. The average Bonchev–Trinajstić information content (AvgIpc) is 0.766. The minimum Gasteiger partial charge on any atom is -0.508 e. The SMILES string of the molecule is C.C=C1CC[C@@H](C)[C@](C)(CC/C(C)=C/Cc2c(O)cc(C)c(C(=O)O)c2O)[C@H]1C.C=C1CC[C@@H](C)[C@](C)(CCC2(C)C=Cc3c(cc(C)c(C(=O)O)c3O)O2)[C@H]1C.CC(=O)O[C@H]1CC[C@@H](C)[C@](C)(CCC2(C)C=Cc3c(cc(C)c(C(=O)O)c3O)O2)[C@H]1C.Cc1cc2c(c(O)c1C(=O)O)C=CC(C)(CC[C@@]1(C)[C@H](C)CC[C@H](C)[C@@H]1C)O2. The highest BCUT2D eigenvalue weighted by Gasteiger charge is 2.49. The quantitative estimate of drug-likeness (QED) is 0.0311. The van der Waals surface area contributed by atoms with Crippen LogP contribution >= 0.6 is 0 Å². The summed E-state index contributed by atoms with van der Waals surface area (Å²) in [5.74, 6) is 0.728. The van der Waals surface area contributed by atoms with Crippen LogP contribution in [0.15, 0.2) is 78.4 Å². The molecule has 9 N–H and O–H groups in total. The zero-order valence-electron chi connectivity index (χ0n) is 72.8. The van der Waals surface area contributed by atoms with Crippen molar-refractivity contribution >= 4 is 48.1 Å². The molecular weight excluding hydrogens is 1470 g/mol. The Morgan fingerprint density at radius 3 is 1.15 bits per heavy atom. The van der Waals surface area contributed by atoms with Gasteiger partial charge in [0.1, 0.15) is 91.2 Å². The van der Waals surface area contributed by atoms with Gasteiger partial charge in [-0.25, -0.2) is 19.2 Å². The largest absolute Gasteiger partial charge is 0.508 e. The summed E-state index contributed by atoms with van der Waals surface area (Å²) in [7, 11) is 0. The zero-order valence-corrected chi connectivity index (χ0v) is 72.8. The normalized spacial score (nSPS) is 30.9. The number of hydrogen-bond donors (Lipinski definition) is 9. The number of fused-ring (bicyclic) bond motifs is 3. The molecule has 638 valence electrons. The van der Waals surface area contributed by atoms with Crippen molar-refractivity contribution in [3.63, 3.8) is 0 Å². The number of carbonyl (C=O) groups is 5. The number of rotatable bonds is 19. The second-order valence-electron chi connectivity index (χ2n) is 37.4. The molecule has 18 heteroatoms. The van der Waals surface area contributed by atoms with Crippen LogP contribution in [0.4, 0.5) is 0 Å². The van der Waals surface area contributed by atoms with Crippen molar-refractivity contribution in [2.75, 3.05) is 0 Å². The van der Waals surface area contributed by atoms with Crippen LogP contribution in [-0.2, 0) is 16.0 Å². The minimum absolute atomic E-state index is 0. The first-order valence-electron chi connectivity index (χ1n) is 41.7. The number of allylic oxidation sites excluding steroid dienone is 4. The summed E-state index contributed by atoms with van der Waals surface area (Å²) in [6.07, 6.45) is 30.0. The number of esters is 1. The molecule has 4 saturated carbocycles. The number of benzene rings is 4. The van der Waals surface area contributed by atoms with E-state index in [1.165, 1.54) is 55.4 Å². The summed E-state index contributed by atoms with van der Waals surface area (Å²) in [4.78, 5) is 57.2. The van der Waals surface area contributed by atoms with Crippen LogP contribution in [-0.4, -0.2) is 98.7 Å². The van der Waals surface area contributed by atoms with Gasteiger partial charge in [-0.3, -0.25) is 4.79 Å². The highest BCUT2D eigenvalue weighted by atomic mass is 16.5. The topological polar surface area (TPSA) is 304 Å². The number of aromatic hydroxyl groups is 5. The summed E-state index contributed by atoms with van der Waals surface area (Å²) in [5, 5.41) is 89.2. The van der Waals surface area contributed by atoms with Gasteiger partial charge in [-0.1, -0.05) is 140 Å². The maximum Gasteiger partial charge on any atom is 0.339 e. The first-order valence-corrected chi connectivity index (χ1v) is 41.7. The molecule has 3 heterocycles. The van der Waals surface area contributed by atoms with Crippen molar-refractivity contribution in [1.29, 1.82) is 0 Å². The molecule has 0 amide bonds. The van der Waals surface area contributed by atoms with Gasteiger partial charge in [0.15, 0.2) is 0 Å². The molecule has 116 heavy (non-hydrogen) atoms. The van der Waals surface area contributed by atoms with Crippen molar-refractivity contribution in [1.82, 2.24) is 0 Å². The summed E-state index contributed by atoms with van der Waals surface area (Å²) in [5.41, 5.74) is 6.05. The second-order valence-corrected chi connectivity index (χ2v) is 37.4. The highest BCUT2D eigenvalue weighted by Crippen LogP contribution is 2.57. The number of hydrogen-bond acceptors (Lipinski definition) is 14. The number of phenolic OH excluding ortho intramolecular Hbond substituents is 1. The van der Waals surface area contributed by atoms with E-state index >= 15 is 0 Å². The van der Waals surface area contributed by atoms with E-state index in [0.29, 0.717) is 104 Å². The Morgan fingerprint density at radius 1 is 0.448 bits per heavy atom. The molecule has 11 rings (SSSR count). The number of phenols is 5. The predicted octanol–water partition coefficient (Wildman–Crippen LogP) is 24.0. The van der Waals surface area contributed by atoms with E-state index in [2.05, 4.69) is 124 Å². The lowest BCUT2D eigenvalue weighted by molar-refractivity contribution is -0.158. The Bertz CT molecular complexity index is 4510. The summed E-state index contributed by atoms with van der Waals surface area (Å²) in [6, 6.07) is 6.54. The number of aryl methyl sites for hydroxylation is 4. The molecule has 0 spiro atoms. The molecule has 4 aromatic carbocycles. The molecule has 18 nitrogen and oxygen atoms in total. The fraction of sp³-hybridized carbons (Fsp3) is 0.582. The van der Waals surface area contributed by atoms with E-state index in [4.69, 9.17) is 18.9 Å². The van der Waals surface area contributed by atoms with Crippen molar-refractivity contribution in [3.8, 4) is 46.0 Å². The van der Waals surface area contributed by atoms with Gasteiger partial charge >= 0.3 is 29.8 Å². The molecule has 17 atom stereocenters. The molecule has 4 aromatic rings. The number of ether oxygens (including phenoxy) is 4. The maximum absolute atomic E-state index is 11.5. The summed E-state index contributed by atoms with van der Waals surface area (Å²) >= 11 is 0. The van der Waals surface area contributed by atoms with E-state index in [9.17, 15) is 69.9 Å². The molecule has 0 aromatic heterocycles. The van der Waals surface area contributed by atoms with E-state index in [0.717, 1.165) is 83.0 Å². The lowest BCUT2D eigenvalue weighted by atomic mass is 9.56. The molecule has 0 bridgehead atoms. The van der Waals surface area contributed by atoms with Crippen LogP contribution in [0.1, 0.15) is 321 Å². The lowest BCUT2D eigenvalue weighted by Gasteiger charge is -2.49. The third-order valence-electron chi connectivity index (χ3n) is 30.2. The first kappa shape index (κ1) is 94.2. The minimum atomic E-state index is -1.19. The monoisotopic (exact) mass is 1600 g/mol. The smallest absolute Gasteiger partial charge is 0.339 e. The standard InChI is InChI=1S/C25H34O6.C24H34O4.C24H32O4.C24H34O4.CH4/c1-14-13-20-18(22(27)21(14)23(28)29)9-10-24(5,31-20)11-12-25(6)15(2)7-8-19(16(25)3)30-17(4)26;2*1-14-7-8-16(3)24(6,17(14)4)12-11-23(5)10-9-18-19(28-23)13-15(2)20(21(18)25)22(26)27;1-14(11-12-24(6)17(4)9-8-15(2)18(24)5)7-10-19-20(25)13-16(3)21(22(19)26)23(27)28;/h9-10,13,15-16,19,27H,7-8,11-12H2,1-6H3,(H,28,29);9-10,13-14,16-17,25H,7-8,11-12H2,1-6H3,(H,26,27);9-10,13,16-17,25H,1,7-8,11-12H2,2-6H3,(H,26,27);7,13,17-18,25-26H,2,8-12H2,1,3-6H3,(H,27,28);1H4/b;;;14-7+;/t15-,16+,19+,24?,25+;14-,16+,17-,23?,24-;16-,17+,23?,24+;17-,18+,24+;/m1011./s1. The third kappa shape index (κ3) is 19.7. The van der Waals surface area contributed by atoms with Crippen LogP contribution in [0.5, 0.6) is 46.0 Å². The van der Waals surface area contributed by atoms with Gasteiger partial charge in [-0.15, -0.1) is 0 Å². The Labute approximate surface area is 691 Å². The van der Waals surface area contributed by atoms with E-state index < -0.39 is 40.7 Å². The van der Waals surface area contributed by atoms with Gasteiger partial charge in [0.05, 0.1) is 16.7 Å². The molecule has 4 fully saturated rings. The average molecular weight is 1600 g/mol. The van der Waals surface area contributed by atoms with E-state index in [-0.39, 0.29) is 104 Å². The van der Waals surface area contributed by atoms with E-state index in [1.54, 1.807) is 58.0 Å². The van der Waals surface area contributed by atoms with Gasteiger partial charge in [-0.05, 0) is 316 Å². The Morgan fingerprint density at radius 2 is 0.776 bits per heavy atom. The highest BCUT2D eigenvalue weighted by molar-refractivity contribution is 5.97. The van der Waals surface area contributed by atoms with Gasteiger partial charge in [-0.2, -0.15) is 0 Å². The van der Waals surface area contributed by atoms with Crippen molar-refractivity contribution in [3.05, 3.63) is 145 Å². The second kappa shape index (κ2) is 36.5. The summed E-state index contributed by atoms with van der Waals surface area (Å²) < 4.78 is 24.5. The maximum atomic E-state index is 11.5. The van der Waals surface area contributed by atoms with Crippen molar-refractivity contribution in [2.45, 2.75) is 292 Å². The molecule has 3 unspecified atom stereocenters. The van der Waals surface area contributed by atoms with Crippen LogP contribution in [0.2, 0.25) is 0 Å². The number of carboxylic acids is 4. The van der Waals surface area contributed by atoms with E-state index in [1.807, 2.05) is 37.3 Å². The lowest BCUT2D eigenvalue weighted by Crippen LogP contribution is -2.46. The third-order valence-corrected chi connectivity index (χ3v) is 30.2. The fourth-order valence-electron chi connectivity index (χ4n) is 19.6. The Kier molecular flexibility index (Phi) is 29.7. The first-order chi connectivity index (χ1) is 53.3. The van der Waals surface area contributed by atoms with Crippen LogP contribution in [0, 0.1) is 103 Å². The molecule has 3 aliphatic heterocycles. The number of aromatic carboxylic acids is 4. The molecule has 4 aliphatic carbocycles. The molecular formula is C98H138O18. The number of carbonyl (C=O) groups excluding carboxylic acids is 1. The van der Waals surface area contributed by atoms with Gasteiger partial charge in [0.2, 0.25) is 0 Å². The van der Waals surface area contributed by atoms with Crippen molar-refractivity contribution in [2.24, 2.45) is 74.9 Å². The predicted molar refractivity (Wildman–Crippen MR) is 462 cm³/mol. The van der Waals surface area contributed by atoms with Crippen LogP contribution < -0.4 is 14.2 Å².